The fourth-order valence-corrected chi connectivity index (χ4v) is 4.02. The molecule has 1 N–H and O–H groups in total. The minimum absolute atomic E-state index is 0.223. The average Bonchev–Trinajstić information content (AvgIpc) is 3.17. The number of halogens is 3. The van der Waals surface area contributed by atoms with Gasteiger partial charge in [0.05, 0.1) is 10.7 Å². The molecule has 0 unspecified atom stereocenters. The molecule has 4 rings (SSSR count). The fraction of sp³-hybridized carbons (Fsp3) is 0. The lowest BCUT2D eigenvalue weighted by atomic mass is 10.2. The zero-order chi connectivity index (χ0) is 18.3. The second-order valence-electron chi connectivity index (χ2n) is 5.34. The number of anilines is 1. The molecule has 9 heteroatoms. The number of fused-ring (bicyclic) bond motifs is 1. The van der Waals surface area contributed by atoms with E-state index in [-0.39, 0.29) is 11.9 Å². The molecule has 0 aliphatic rings. The molecule has 26 heavy (non-hydrogen) atoms. The predicted molar refractivity (Wildman–Crippen MR) is 108 cm³/mol. The molecule has 0 aliphatic heterocycles. The highest BCUT2D eigenvalue weighted by molar-refractivity contribution is 9.10. The van der Waals surface area contributed by atoms with Crippen molar-refractivity contribution in [1.29, 1.82) is 0 Å². The van der Waals surface area contributed by atoms with Crippen molar-refractivity contribution in [2.24, 2.45) is 0 Å². The van der Waals surface area contributed by atoms with Crippen molar-refractivity contribution in [3.8, 4) is 11.3 Å². The van der Waals surface area contributed by atoms with Gasteiger partial charge in [-0.15, -0.1) is 16.4 Å². The van der Waals surface area contributed by atoms with Crippen molar-refractivity contribution in [1.82, 2.24) is 14.6 Å². The standard InChI is InChI=1S/C17H9BrCl2N4OS/c18-10-3-1-2-9(6-10)15(25)21-16-22-17-24(23-16)14(8-26-17)12-7-11(19)4-5-13(12)20/h1-8H,(H,21,23,25). The number of hydrogen-bond acceptors (Lipinski definition) is 4. The Kier molecular flexibility index (Phi) is 4.71. The van der Waals surface area contributed by atoms with Gasteiger partial charge in [-0.2, -0.15) is 4.98 Å². The highest BCUT2D eigenvalue weighted by atomic mass is 79.9. The first-order chi connectivity index (χ1) is 12.5. The van der Waals surface area contributed by atoms with E-state index in [0.717, 1.165) is 15.7 Å². The Morgan fingerprint density at radius 3 is 2.85 bits per heavy atom. The summed E-state index contributed by atoms with van der Waals surface area (Å²) in [4.78, 5) is 17.4. The Labute approximate surface area is 170 Å². The molecule has 0 saturated heterocycles. The molecule has 1 amide bonds. The van der Waals surface area contributed by atoms with E-state index in [0.29, 0.717) is 20.6 Å². The van der Waals surface area contributed by atoms with Crippen LogP contribution in [-0.2, 0) is 0 Å². The summed E-state index contributed by atoms with van der Waals surface area (Å²) in [5, 5.41) is 10.1. The number of carbonyl (C=O) groups excluding carboxylic acids is 1. The van der Waals surface area contributed by atoms with Crippen LogP contribution in [0.25, 0.3) is 16.2 Å². The van der Waals surface area contributed by atoms with Gasteiger partial charge in [-0.05, 0) is 36.4 Å². The monoisotopic (exact) mass is 466 g/mol. The van der Waals surface area contributed by atoms with Gasteiger partial charge < -0.3 is 0 Å². The summed E-state index contributed by atoms with van der Waals surface area (Å²) in [7, 11) is 0. The van der Waals surface area contributed by atoms with Crippen LogP contribution in [0.3, 0.4) is 0 Å². The number of benzene rings is 2. The van der Waals surface area contributed by atoms with Gasteiger partial charge in [0.15, 0.2) is 0 Å². The molecular weight excluding hydrogens is 459 g/mol. The van der Waals surface area contributed by atoms with Gasteiger partial charge in [0.25, 0.3) is 11.9 Å². The Bertz CT molecular complexity index is 1140. The van der Waals surface area contributed by atoms with Crippen LogP contribution < -0.4 is 5.32 Å². The first kappa shape index (κ1) is 17.5. The van der Waals surface area contributed by atoms with Crippen molar-refractivity contribution < 1.29 is 4.79 Å². The zero-order valence-corrected chi connectivity index (χ0v) is 16.8. The van der Waals surface area contributed by atoms with Crippen LogP contribution in [-0.4, -0.2) is 20.5 Å². The van der Waals surface area contributed by atoms with Crippen molar-refractivity contribution in [3.05, 3.63) is 67.9 Å². The number of carbonyl (C=O) groups is 1. The molecule has 4 aromatic rings. The van der Waals surface area contributed by atoms with Gasteiger partial charge in [0.2, 0.25) is 4.96 Å². The highest BCUT2D eigenvalue weighted by Gasteiger charge is 2.16. The normalized spacial score (nSPS) is 11.0. The van der Waals surface area contributed by atoms with E-state index >= 15 is 0 Å². The molecule has 0 fully saturated rings. The van der Waals surface area contributed by atoms with E-state index in [1.165, 1.54) is 11.3 Å². The molecule has 5 nitrogen and oxygen atoms in total. The number of aromatic nitrogens is 3. The van der Waals surface area contributed by atoms with Gasteiger partial charge in [0.1, 0.15) is 0 Å². The van der Waals surface area contributed by atoms with Crippen LogP contribution in [0.2, 0.25) is 10.0 Å². The van der Waals surface area contributed by atoms with Crippen LogP contribution in [0.5, 0.6) is 0 Å². The number of rotatable bonds is 3. The van der Waals surface area contributed by atoms with Gasteiger partial charge in [-0.3, -0.25) is 10.1 Å². The molecule has 130 valence electrons. The molecule has 0 spiro atoms. The minimum Gasteiger partial charge on any atom is -0.289 e. The first-order valence-corrected chi connectivity index (χ1v) is 9.81. The third-order valence-electron chi connectivity index (χ3n) is 3.60. The maximum atomic E-state index is 12.4. The molecular formula is C17H9BrCl2N4OS. The van der Waals surface area contributed by atoms with E-state index in [2.05, 4.69) is 31.3 Å². The Hall–Kier alpha value is -1.93. The van der Waals surface area contributed by atoms with Gasteiger partial charge in [-0.1, -0.05) is 45.2 Å². The zero-order valence-electron chi connectivity index (χ0n) is 12.9. The molecule has 0 aliphatic carbocycles. The molecule has 2 heterocycles. The summed E-state index contributed by atoms with van der Waals surface area (Å²) in [6, 6.07) is 12.3. The summed E-state index contributed by atoms with van der Waals surface area (Å²) in [6.45, 7) is 0. The summed E-state index contributed by atoms with van der Waals surface area (Å²) < 4.78 is 2.46. The minimum atomic E-state index is -0.285. The highest BCUT2D eigenvalue weighted by Crippen LogP contribution is 2.33. The molecule has 2 aromatic heterocycles. The maximum Gasteiger partial charge on any atom is 0.258 e. The van der Waals surface area contributed by atoms with E-state index < -0.39 is 0 Å². The number of nitrogens with zero attached hydrogens (tertiary/aromatic N) is 3. The quantitative estimate of drug-likeness (QED) is 0.415. The topological polar surface area (TPSA) is 59.3 Å². The Balaban J connectivity index is 1.68. The largest absolute Gasteiger partial charge is 0.289 e. The number of nitrogens with one attached hydrogen (secondary N) is 1. The van der Waals surface area contributed by atoms with Crippen molar-refractivity contribution in [3.63, 3.8) is 0 Å². The first-order valence-electron chi connectivity index (χ1n) is 7.38. The van der Waals surface area contributed by atoms with E-state index in [1.54, 1.807) is 40.9 Å². The smallest absolute Gasteiger partial charge is 0.258 e. The second-order valence-corrected chi connectivity index (χ2v) is 7.94. The van der Waals surface area contributed by atoms with E-state index in [4.69, 9.17) is 23.2 Å². The Morgan fingerprint density at radius 2 is 2.04 bits per heavy atom. The summed E-state index contributed by atoms with van der Waals surface area (Å²) >= 11 is 17.1. The molecule has 0 saturated carbocycles. The van der Waals surface area contributed by atoms with Gasteiger partial charge in [0, 0.05) is 26.0 Å². The molecule has 0 bridgehead atoms. The van der Waals surface area contributed by atoms with Crippen LogP contribution in [0.4, 0.5) is 5.95 Å². The number of hydrogen-bond donors (Lipinski definition) is 1. The molecule has 0 radical (unpaired) electrons. The molecule has 0 atom stereocenters. The molecule has 2 aromatic carbocycles. The Morgan fingerprint density at radius 1 is 1.19 bits per heavy atom. The number of thiazole rings is 1. The fourth-order valence-electron chi connectivity index (χ4n) is 2.42. The lowest BCUT2D eigenvalue weighted by Crippen LogP contribution is -2.13. The SMILES string of the molecule is O=C(Nc1nc2scc(-c3cc(Cl)ccc3Cl)n2n1)c1cccc(Br)c1. The van der Waals surface area contributed by atoms with Crippen LogP contribution in [0, 0.1) is 0 Å². The second kappa shape index (κ2) is 7.00. The summed E-state index contributed by atoms with van der Waals surface area (Å²) in [5.41, 5.74) is 2.02. The average molecular weight is 468 g/mol. The summed E-state index contributed by atoms with van der Waals surface area (Å²) in [5.74, 6) is -0.0619. The third-order valence-corrected chi connectivity index (χ3v) is 5.47. The maximum absolute atomic E-state index is 12.4. The van der Waals surface area contributed by atoms with Crippen molar-refractivity contribution in [2.75, 3.05) is 5.32 Å². The number of amides is 1. The summed E-state index contributed by atoms with van der Waals surface area (Å²) in [6.07, 6.45) is 0. The van der Waals surface area contributed by atoms with E-state index in [9.17, 15) is 4.79 Å². The van der Waals surface area contributed by atoms with Crippen molar-refractivity contribution >= 4 is 67.3 Å². The third kappa shape index (κ3) is 3.35. The predicted octanol–water partition coefficient (Wildman–Crippen LogP) is 5.78. The van der Waals surface area contributed by atoms with Gasteiger partial charge >= 0.3 is 0 Å². The van der Waals surface area contributed by atoms with Gasteiger partial charge in [-0.25, -0.2) is 4.52 Å². The lowest BCUT2D eigenvalue weighted by molar-refractivity contribution is 0.102. The van der Waals surface area contributed by atoms with E-state index in [1.807, 2.05) is 11.4 Å². The van der Waals surface area contributed by atoms with Crippen LogP contribution >= 0.6 is 50.5 Å². The lowest BCUT2D eigenvalue weighted by Gasteiger charge is -2.03. The van der Waals surface area contributed by atoms with Crippen LogP contribution in [0.1, 0.15) is 10.4 Å². The van der Waals surface area contributed by atoms with Crippen LogP contribution in [0.15, 0.2) is 52.3 Å². The van der Waals surface area contributed by atoms with Crippen molar-refractivity contribution in [2.45, 2.75) is 0 Å².